The first-order valence-corrected chi connectivity index (χ1v) is 17.8. The Kier molecular flexibility index (Phi) is 47.7. The van der Waals surface area contributed by atoms with Crippen molar-refractivity contribution >= 4 is 34.6 Å². The molecule has 0 aliphatic carbocycles. The molecule has 0 aliphatic rings. The number of allylic oxidation sites excluding steroid dienone is 18. The normalized spacial score (nSPS) is 12.4. The number of thioether (sulfide) groups is 1. The van der Waals surface area contributed by atoms with Gasteiger partial charge in [-0.05, 0) is 77.0 Å². The number of carbonyl (C=O) groups is 2. The third kappa shape index (κ3) is 61.2. The zero-order chi connectivity index (χ0) is 33.9. The minimum absolute atomic E-state index is 0.139. The third-order valence-electron chi connectivity index (χ3n) is 5.26. The number of unbranched alkanes of at least 4 members (excludes halogenated alkanes) is 2. The summed E-state index contributed by atoms with van der Waals surface area (Å²) in [7, 11) is 0. The molecule has 0 atom stereocenters. The zero-order valence-electron chi connectivity index (χ0n) is 28.6. The van der Waals surface area contributed by atoms with Crippen molar-refractivity contribution in [2.45, 2.75) is 105 Å². The Hall–Kier alpha value is -2.60. The van der Waals surface area contributed by atoms with Crippen LogP contribution in [0.4, 0.5) is 0 Å². The molecule has 0 aromatic heterocycles. The third-order valence-corrected chi connectivity index (χ3v) is 6.02. The van der Waals surface area contributed by atoms with Crippen LogP contribution in [0.5, 0.6) is 0 Å². The van der Waals surface area contributed by atoms with Gasteiger partial charge in [-0.1, -0.05) is 147 Å². The van der Waals surface area contributed by atoms with Gasteiger partial charge in [-0.25, -0.2) is 0 Å². The van der Waals surface area contributed by atoms with Crippen molar-refractivity contribution in [1.29, 1.82) is 0 Å². The van der Waals surface area contributed by atoms with Crippen LogP contribution in [0.1, 0.15) is 105 Å². The molecule has 0 fully saturated rings. The number of hydrogen-bond acceptors (Lipinski definition) is 4. The van der Waals surface area contributed by atoms with E-state index in [1.165, 1.54) is 18.7 Å². The highest BCUT2D eigenvalue weighted by molar-refractivity contribution is 8.13. The van der Waals surface area contributed by atoms with Crippen LogP contribution in [-0.2, 0) is 9.59 Å². The van der Waals surface area contributed by atoms with Crippen LogP contribution in [0.15, 0.2) is 122 Å². The Morgan fingerprint density at radius 1 is 0.489 bits per heavy atom. The molecule has 0 bridgehead atoms. The van der Waals surface area contributed by atoms with Gasteiger partial charge in [0.15, 0.2) is 10.2 Å². The second kappa shape index (κ2) is 45.8. The quantitative estimate of drug-likeness (QED) is 0.0654. The molecule has 0 amide bonds. The fourth-order valence-corrected chi connectivity index (χ4v) is 3.59. The molecule has 0 saturated heterocycles. The van der Waals surface area contributed by atoms with Crippen molar-refractivity contribution in [3.63, 3.8) is 0 Å². The van der Waals surface area contributed by atoms with Crippen molar-refractivity contribution in [3.05, 3.63) is 122 Å². The lowest BCUT2D eigenvalue weighted by Gasteiger charge is -1.89. The molecule has 0 aromatic carbocycles. The van der Waals surface area contributed by atoms with Gasteiger partial charge in [0.2, 0.25) is 0 Å². The Bertz CT molecular complexity index is 941. The van der Waals surface area contributed by atoms with Gasteiger partial charge in [-0.3, -0.25) is 9.59 Å². The first-order valence-electron chi connectivity index (χ1n) is 16.4. The highest BCUT2D eigenvalue weighted by atomic mass is 32.2. The minimum atomic E-state index is -0.139. The van der Waals surface area contributed by atoms with E-state index in [0.29, 0.717) is 0 Å². The van der Waals surface area contributed by atoms with E-state index in [1.807, 2.05) is 6.08 Å². The standard InChI is InChI=1S/C20H30OS.C18H28O.C2H4OS/c1-3-4-5-6-7-8-9-10-11-12-13-14-15-16-17-18-19-22-20(2)21;1-2-3-4-5-6-7-8-9-10-11-12-13-14-15-16-17-18-19;1-2(3)4/h4-5,7-8,10-11,13-14,17-18H,3,6,9,12,15-16,19H2,1-2H3;3-4,6-7,9-10,12-13,16-17,19H,2,5,8,11,14-15,18H2,1H3;1H3,(H,3,4)/b5-4-,8-7-,11-10-,14-13-,18-17+;4-3-,7-6-,10-9-,13-12-,17-16+;. The summed E-state index contributed by atoms with van der Waals surface area (Å²) in [5.74, 6) is 0.795. The van der Waals surface area contributed by atoms with E-state index in [-0.39, 0.29) is 16.8 Å². The molecule has 1 N–H and O–H groups in total. The molecule has 0 unspecified atom stereocenters. The van der Waals surface area contributed by atoms with Gasteiger partial charge in [-0.2, -0.15) is 0 Å². The van der Waals surface area contributed by atoms with E-state index in [1.54, 1.807) is 13.0 Å². The molecular formula is C40H62O3S2. The van der Waals surface area contributed by atoms with E-state index in [9.17, 15) is 9.59 Å². The SMILES string of the molecule is CC(=O)S.CC/C=C\C/C=C\C/C=C\C/C=C\CC/C=C/CO.CC/C=C\C/C=C\C/C=C\C/C=C\CC/C=C/CSC(C)=O. The van der Waals surface area contributed by atoms with Crippen LogP contribution < -0.4 is 0 Å². The van der Waals surface area contributed by atoms with Crippen LogP contribution in [0.2, 0.25) is 0 Å². The second-order valence-electron chi connectivity index (χ2n) is 9.60. The maximum Gasteiger partial charge on any atom is 0.186 e. The molecule has 0 heterocycles. The molecule has 0 aliphatic heterocycles. The number of aliphatic hydroxyl groups is 1. The molecule has 0 spiro atoms. The van der Waals surface area contributed by atoms with Gasteiger partial charge in [-0.15, -0.1) is 12.6 Å². The predicted molar refractivity (Wildman–Crippen MR) is 208 cm³/mol. The molecule has 0 rings (SSSR count). The molecule has 5 heteroatoms. The summed E-state index contributed by atoms with van der Waals surface area (Å²) < 4.78 is 0. The molecule has 0 radical (unpaired) electrons. The first-order chi connectivity index (χ1) is 21.9. The highest BCUT2D eigenvalue weighted by Crippen LogP contribution is 2.03. The van der Waals surface area contributed by atoms with Crippen LogP contribution >= 0.6 is 24.4 Å². The largest absolute Gasteiger partial charge is 0.392 e. The van der Waals surface area contributed by atoms with Crippen molar-refractivity contribution in [1.82, 2.24) is 0 Å². The van der Waals surface area contributed by atoms with Crippen molar-refractivity contribution in [2.24, 2.45) is 0 Å². The summed E-state index contributed by atoms with van der Waals surface area (Å²) in [5, 5.41) is 8.59. The molecular weight excluding hydrogens is 593 g/mol. The Morgan fingerprint density at radius 3 is 1.04 bits per heavy atom. The van der Waals surface area contributed by atoms with E-state index in [2.05, 4.69) is 136 Å². The number of aliphatic hydroxyl groups excluding tert-OH is 1. The molecule has 3 nitrogen and oxygen atoms in total. The summed E-state index contributed by atoms with van der Waals surface area (Å²) in [6.45, 7) is 7.45. The van der Waals surface area contributed by atoms with Gasteiger partial charge in [0.1, 0.15) is 0 Å². The van der Waals surface area contributed by atoms with Crippen LogP contribution in [0.25, 0.3) is 0 Å². The number of rotatable bonds is 23. The number of carbonyl (C=O) groups excluding carboxylic acids is 2. The van der Waals surface area contributed by atoms with Gasteiger partial charge in [0, 0.05) is 19.6 Å². The van der Waals surface area contributed by atoms with Crippen LogP contribution in [-0.4, -0.2) is 27.7 Å². The lowest BCUT2D eigenvalue weighted by atomic mass is 10.2. The van der Waals surface area contributed by atoms with Gasteiger partial charge in [0.05, 0.1) is 6.61 Å². The molecule has 0 saturated carbocycles. The summed E-state index contributed by atoms with van der Waals surface area (Å²) >= 11 is 4.68. The second-order valence-corrected chi connectivity index (χ2v) is 11.4. The summed E-state index contributed by atoms with van der Waals surface area (Å²) in [6.07, 6.45) is 55.9. The lowest BCUT2D eigenvalue weighted by molar-refractivity contribution is -0.109. The zero-order valence-corrected chi connectivity index (χ0v) is 30.3. The molecule has 0 aromatic rings. The van der Waals surface area contributed by atoms with Crippen molar-refractivity contribution < 1.29 is 14.7 Å². The number of hydrogen-bond donors (Lipinski definition) is 2. The summed E-state index contributed by atoms with van der Waals surface area (Å²) in [6, 6.07) is 0. The topological polar surface area (TPSA) is 54.4 Å². The first kappa shape index (κ1) is 46.8. The fourth-order valence-electron chi connectivity index (χ4n) is 3.12. The van der Waals surface area contributed by atoms with E-state index >= 15 is 0 Å². The lowest BCUT2D eigenvalue weighted by Crippen LogP contribution is -1.81. The highest BCUT2D eigenvalue weighted by Gasteiger charge is 1.88. The summed E-state index contributed by atoms with van der Waals surface area (Å²) in [5.41, 5.74) is 0. The summed E-state index contributed by atoms with van der Waals surface area (Å²) in [4.78, 5) is 20.0. The van der Waals surface area contributed by atoms with Crippen molar-refractivity contribution in [3.8, 4) is 0 Å². The van der Waals surface area contributed by atoms with Crippen LogP contribution in [0, 0.1) is 0 Å². The Labute approximate surface area is 286 Å². The predicted octanol–water partition coefficient (Wildman–Crippen LogP) is 12.0. The van der Waals surface area contributed by atoms with Gasteiger partial charge >= 0.3 is 0 Å². The van der Waals surface area contributed by atoms with Crippen LogP contribution in [0.3, 0.4) is 0 Å². The van der Waals surface area contributed by atoms with Gasteiger partial charge in [0.25, 0.3) is 0 Å². The smallest absolute Gasteiger partial charge is 0.186 e. The van der Waals surface area contributed by atoms with E-state index in [0.717, 1.165) is 82.8 Å². The van der Waals surface area contributed by atoms with Crippen molar-refractivity contribution in [2.75, 3.05) is 12.4 Å². The fraction of sp³-hybridized carbons (Fsp3) is 0.450. The number of thiol groups is 1. The monoisotopic (exact) mass is 654 g/mol. The Balaban J connectivity index is -0.000000705. The average molecular weight is 655 g/mol. The minimum Gasteiger partial charge on any atom is -0.392 e. The van der Waals surface area contributed by atoms with E-state index in [4.69, 9.17) is 5.11 Å². The Morgan fingerprint density at radius 2 is 0.756 bits per heavy atom. The van der Waals surface area contributed by atoms with E-state index < -0.39 is 0 Å². The van der Waals surface area contributed by atoms with Gasteiger partial charge < -0.3 is 5.11 Å². The molecule has 252 valence electrons. The average Bonchev–Trinajstić information content (AvgIpc) is 3.00. The molecule has 45 heavy (non-hydrogen) atoms. The maximum absolute atomic E-state index is 10.7. The maximum atomic E-state index is 10.7.